The van der Waals surface area contributed by atoms with Crippen molar-refractivity contribution in [3.05, 3.63) is 29.3 Å². The Labute approximate surface area is 114 Å². The summed E-state index contributed by atoms with van der Waals surface area (Å²) in [6.07, 6.45) is 1.86. The monoisotopic (exact) mass is 279 g/mol. The van der Waals surface area contributed by atoms with Crippen LogP contribution in [0.25, 0.3) is 0 Å². The zero-order chi connectivity index (χ0) is 13.9. The molecule has 0 aromatic heterocycles. The van der Waals surface area contributed by atoms with Crippen LogP contribution in [0.2, 0.25) is 0 Å². The van der Waals surface area contributed by atoms with Crippen LogP contribution in [0.4, 0.5) is 0 Å². The zero-order valence-electron chi connectivity index (χ0n) is 10.9. The van der Waals surface area contributed by atoms with E-state index in [1.165, 1.54) is 4.31 Å². The average Bonchev–Trinajstić information content (AvgIpc) is 2.91. The lowest BCUT2D eigenvalue weighted by Crippen LogP contribution is -2.27. The van der Waals surface area contributed by atoms with Gasteiger partial charge in [0.05, 0.1) is 4.90 Å². The summed E-state index contributed by atoms with van der Waals surface area (Å²) >= 11 is 0. The van der Waals surface area contributed by atoms with E-state index in [2.05, 4.69) is 11.8 Å². The van der Waals surface area contributed by atoms with Crippen molar-refractivity contribution in [3.63, 3.8) is 0 Å². The normalized spacial score (nSPS) is 16.1. The van der Waals surface area contributed by atoms with Crippen molar-refractivity contribution < 1.29 is 13.5 Å². The van der Waals surface area contributed by atoms with Gasteiger partial charge in [-0.05, 0) is 43.5 Å². The van der Waals surface area contributed by atoms with Crippen molar-refractivity contribution in [2.24, 2.45) is 0 Å². The standard InChI is InChI=1S/C14H17NO3S/c1-12-11-14(7-6-13(12)5-4-10-16)19(17,18)15-8-2-3-9-15/h6-7,11,16H,2-3,8-10H2,1H3. The molecule has 1 aromatic rings. The summed E-state index contributed by atoms with van der Waals surface area (Å²) in [7, 11) is -3.36. The van der Waals surface area contributed by atoms with Crippen LogP contribution in [0, 0.1) is 18.8 Å². The van der Waals surface area contributed by atoms with Crippen LogP contribution in [0.15, 0.2) is 23.1 Å². The first kappa shape index (κ1) is 14.1. The first-order chi connectivity index (χ1) is 9.05. The van der Waals surface area contributed by atoms with Gasteiger partial charge in [0.25, 0.3) is 0 Å². The number of hydrogen-bond acceptors (Lipinski definition) is 3. The summed E-state index contributed by atoms with van der Waals surface area (Å²) in [6, 6.07) is 4.93. The fourth-order valence-electron chi connectivity index (χ4n) is 2.15. The second kappa shape index (κ2) is 5.74. The van der Waals surface area contributed by atoms with E-state index >= 15 is 0 Å². The van der Waals surface area contributed by atoms with Gasteiger partial charge in [0.1, 0.15) is 6.61 Å². The number of aryl methyl sites for hydroxylation is 1. The minimum atomic E-state index is -3.36. The topological polar surface area (TPSA) is 57.6 Å². The quantitative estimate of drug-likeness (QED) is 0.825. The molecule has 1 heterocycles. The molecular formula is C14H17NO3S. The lowest BCUT2D eigenvalue weighted by atomic mass is 10.1. The molecule has 0 aliphatic carbocycles. The summed E-state index contributed by atoms with van der Waals surface area (Å²) in [6.45, 7) is 2.83. The van der Waals surface area contributed by atoms with Gasteiger partial charge >= 0.3 is 0 Å². The lowest BCUT2D eigenvalue weighted by Gasteiger charge is -2.16. The SMILES string of the molecule is Cc1cc(S(=O)(=O)N2CCCC2)ccc1C#CCO. The van der Waals surface area contributed by atoms with Crippen molar-refractivity contribution >= 4 is 10.0 Å². The Morgan fingerprint density at radius 3 is 2.58 bits per heavy atom. The smallest absolute Gasteiger partial charge is 0.243 e. The molecule has 2 rings (SSSR count). The lowest BCUT2D eigenvalue weighted by molar-refractivity contribution is 0.350. The van der Waals surface area contributed by atoms with Crippen molar-refractivity contribution in [1.82, 2.24) is 4.31 Å². The number of benzene rings is 1. The van der Waals surface area contributed by atoms with Crippen molar-refractivity contribution in [2.75, 3.05) is 19.7 Å². The van der Waals surface area contributed by atoms with Gasteiger partial charge in [0, 0.05) is 18.7 Å². The van der Waals surface area contributed by atoms with Crippen LogP contribution in [-0.4, -0.2) is 37.5 Å². The molecule has 1 aliphatic heterocycles. The maximum Gasteiger partial charge on any atom is 0.243 e. The highest BCUT2D eigenvalue weighted by molar-refractivity contribution is 7.89. The fraction of sp³-hybridized carbons (Fsp3) is 0.429. The maximum absolute atomic E-state index is 12.4. The Kier molecular flexibility index (Phi) is 4.25. The van der Waals surface area contributed by atoms with Gasteiger partial charge in [-0.25, -0.2) is 8.42 Å². The molecule has 0 amide bonds. The first-order valence-electron chi connectivity index (χ1n) is 6.26. The second-order valence-electron chi connectivity index (χ2n) is 4.55. The summed E-state index contributed by atoms with van der Waals surface area (Å²) in [4.78, 5) is 0.321. The predicted molar refractivity (Wildman–Crippen MR) is 73.1 cm³/mol. The number of sulfonamides is 1. The van der Waals surface area contributed by atoms with E-state index in [1.807, 2.05) is 6.92 Å². The summed E-state index contributed by atoms with van der Waals surface area (Å²) in [5, 5.41) is 8.67. The summed E-state index contributed by atoms with van der Waals surface area (Å²) in [5.74, 6) is 5.37. The number of nitrogens with zero attached hydrogens (tertiary/aromatic N) is 1. The Balaban J connectivity index is 2.34. The van der Waals surface area contributed by atoms with Crippen LogP contribution in [0.5, 0.6) is 0 Å². The molecule has 0 bridgehead atoms. The molecule has 0 radical (unpaired) electrons. The van der Waals surface area contributed by atoms with Crippen LogP contribution in [-0.2, 0) is 10.0 Å². The molecule has 1 fully saturated rings. The molecule has 4 nitrogen and oxygen atoms in total. The Morgan fingerprint density at radius 2 is 2.00 bits per heavy atom. The largest absolute Gasteiger partial charge is 0.384 e. The molecule has 102 valence electrons. The van der Waals surface area contributed by atoms with E-state index in [1.54, 1.807) is 18.2 Å². The molecule has 5 heteroatoms. The van der Waals surface area contributed by atoms with E-state index in [0.29, 0.717) is 18.0 Å². The van der Waals surface area contributed by atoms with E-state index in [0.717, 1.165) is 24.0 Å². The zero-order valence-corrected chi connectivity index (χ0v) is 11.7. The van der Waals surface area contributed by atoms with Crippen molar-refractivity contribution in [2.45, 2.75) is 24.7 Å². The fourth-order valence-corrected chi connectivity index (χ4v) is 3.75. The molecule has 1 aromatic carbocycles. The molecule has 1 aliphatic rings. The Bertz CT molecular complexity index is 620. The van der Waals surface area contributed by atoms with Crippen molar-refractivity contribution in [3.8, 4) is 11.8 Å². The average molecular weight is 279 g/mol. The van der Waals surface area contributed by atoms with Crippen LogP contribution >= 0.6 is 0 Å². The van der Waals surface area contributed by atoms with Gasteiger partial charge in [-0.2, -0.15) is 4.31 Å². The van der Waals surface area contributed by atoms with Crippen LogP contribution in [0.1, 0.15) is 24.0 Å². The minimum absolute atomic E-state index is 0.201. The van der Waals surface area contributed by atoms with E-state index in [9.17, 15) is 8.42 Å². The number of aliphatic hydroxyl groups is 1. The second-order valence-corrected chi connectivity index (χ2v) is 6.49. The van der Waals surface area contributed by atoms with Crippen molar-refractivity contribution in [1.29, 1.82) is 0 Å². The number of hydrogen-bond donors (Lipinski definition) is 1. The summed E-state index contributed by atoms with van der Waals surface area (Å²) < 4.78 is 26.3. The van der Waals surface area contributed by atoms with Gasteiger partial charge in [-0.1, -0.05) is 11.8 Å². The Morgan fingerprint density at radius 1 is 1.32 bits per heavy atom. The highest BCUT2D eigenvalue weighted by Gasteiger charge is 2.27. The molecule has 1 saturated heterocycles. The molecule has 1 N–H and O–H groups in total. The van der Waals surface area contributed by atoms with E-state index in [-0.39, 0.29) is 6.61 Å². The van der Waals surface area contributed by atoms with Crippen LogP contribution < -0.4 is 0 Å². The van der Waals surface area contributed by atoms with Gasteiger partial charge in [-0.15, -0.1) is 0 Å². The minimum Gasteiger partial charge on any atom is -0.384 e. The Hall–Kier alpha value is -1.35. The first-order valence-corrected chi connectivity index (χ1v) is 7.70. The van der Waals surface area contributed by atoms with Gasteiger partial charge in [-0.3, -0.25) is 0 Å². The predicted octanol–water partition coefficient (Wildman–Crippen LogP) is 1.12. The van der Waals surface area contributed by atoms with E-state index < -0.39 is 10.0 Å². The van der Waals surface area contributed by atoms with E-state index in [4.69, 9.17) is 5.11 Å². The summed E-state index contributed by atoms with van der Waals surface area (Å²) in [5.41, 5.74) is 1.55. The highest BCUT2D eigenvalue weighted by Crippen LogP contribution is 2.22. The maximum atomic E-state index is 12.4. The highest BCUT2D eigenvalue weighted by atomic mass is 32.2. The third-order valence-electron chi connectivity index (χ3n) is 3.20. The molecule has 0 atom stereocenters. The third-order valence-corrected chi connectivity index (χ3v) is 5.10. The van der Waals surface area contributed by atoms with Gasteiger partial charge in [0.2, 0.25) is 10.0 Å². The molecular weight excluding hydrogens is 262 g/mol. The number of rotatable bonds is 2. The van der Waals surface area contributed by atoms with Crippen LogP contribution in [0.3, 0.4) is 0 Å². The van der Waals surface area contributed by atoms with Gasteiger partial charge < -0.3 is 5.11 Å². The molecule has 0 spiro atoms. The molecule has 19 heavy (non-hydrogen) atoms. The third kappa shape index (κ3) is 2.98. The molecule has 0 unspecified atom stereocenters. The number of aliphatic hydroxyl groups excluding tert-OH is 1. The van der Waals surface area contributed by atoms with Gasteiger partial charge in [0.15, 0.2) is 0 Å². The molecule has 0 saturated carbocycles.